The smallest absolute Gasteiger partial charge is 0.357 e. The molecule has 6 heteroatoms. The fraction of sp³-hybridized carbons (Fsp3) is 0.278. The van der Waals surface area contributed by atoms with Gasteiger partial charge in [0.25, 0.3) is 0 Å². The fourth-order valence-electron chi connectivity index (χ4n) is 2.17. The molecule has 1 heterocycles. The lowest BCUT2D eigenvalue weighted by molar-refractivity contribution is 0.0473. The number of carbonyl (C=O) groups is 2. The van der Waals surface area contributed by atoms with Crippen molar-refractivity contribution < 1.29 is 23.5 Å². The van der Waals surface area contributed by atoms with Crippen molar-refractivity contribution in [3.8, 4) is 0 Å². The van der Waals surface area contributed by atoms with Crippen LogP contribution in [0.3, 0.4) is 0 Å². The number of esters is 2. The zero-order valence-corrected chi connectivity index (χ0v) is 13.5. The molecule has 0 fully saturated rings. The minimum absolute atomic E-state index is 0.0647. The molecule has 24 heavy (non-hydrogen) atoms. The summed E-state index contributed by atoms with van der Waals surface area (Å²) in [6.45, 7) is 3.71. The summed E-state index contributed by atoms with van der Waals surface area (Å²) in [5.74, 6) is -1.62. The van der Waals surface area contributed by atoms with Crippen LogP contribution < -0.4 is 0 Å². The summed E-state index contributed by atoms with van der Waals surface area (Å²) >= 11 is 0. The maximum Gasteiger partial charge on any atom is 0.357 e. The van der Waals surface area contributed by atoms with Crippen molar-refractivity contribution in [2.24, 2.45) is 0 Å². The third-order valence-corrected chi connectivity index (χ3v) is 3.23. The van der Waals surface area contributed by atoms with E-state index in [1.165, 1.54) is 18.3 Å². The van der Waals surface area contributed by atoms with Crippen molar-refractivity contribution in [3.05, 3.63) is 64.7 Å². The molecule has 0 N–H and O–H groups in total. The van der Waals surface area contributed by atoms with Gasteiger partial charge in [-0.1, -0.05) is 12.1 Å². The minimum Gasteiger partial charge on any atom is -0.462 e. The quantitative estimate of drug-likeness (QED) is 0.761. The van der Waals surface area contributed by atoms with E-state index in [2.05, 4.69) is 4.98 Å². The molecule has 0 unspecified atom stereocenters. The van der Waals surface area contributed by atoms with Crippen LogP contribution in [0.15, 0.2) is 36.5 Å². The Labute approximate surface area is 139 Å². The number of benzene rings is 1. The molecular weight excluding hydrogens is 313 g/mol. The van der Waals surface area contributed by atoms with Crippen LogP contribution in [-0.2, 0) is 15.9 Å². The molecule has 1 aromatic heterocycles. The van der Waals surface area contributed by atoms with Crippen LogP contribution in [0.2, 0.25) is 0 Å². The van der Waals surface area contributed by atoms with Crippen LogP contribution in [0.4, 0.5) is 4.39 Å². The van der Waals surface area contributed by atoms with Crippen molar-refractivity contribution in [3.63, 3.8) is 0 Å². The first-order chi connectivity index (χ1) is 11.5. The van der Waals surface area contributed by atoms with Crippen LogP contribution in [0.5, 0.6) is 0 Å². The lowest BCUT2D eigenvalue weighted by atomic mass is 10.0. The van der Waals surface area contributed by atoms with E-state index < -0.39 is 11.9 Å². The summed E-state index contributed by atoms with van der Waals surface area (Å²) in [5, 5.41) is 0. The molecule has 126 valence electrons. The van der Waals surface area contributed by atoms with Crippen LogP contribution in [-0.4, -0.2) is 30.1 Å². The minimum atomic E-state index is -0.672. The van der Waals surface area contributed by atoms with Crippen molar-refractivity contribution >= 4 is 11.9 Å². The molecule has 2 aromatic rings. The van der Waals surface area contributed by atoms with Crippen molar-refractivity contribution in [2.45, 2.75) is 20.3 Å². The van der Waals surface area contributed by atoms with Crippen molar-refractivity contribution in [2.75, 3.05) is 13.2 Å². The Balaban J connectivity index is 2.33. The summed E-state index contributed by atoms with van der Waals surface area (Å²) in [7, 11) is 0. The van der Waals surface area contributed by atoms with Gasteiger partial charge < -0.3 is 9.47 Å². The largest absolute Gasteiger partial charge is 0.462 e. The molecule has 0 spiro atoms. The fourth-order valence-corrected chi connectivity index (χ4v) is 2.17. The number of aromatic nitrogens is 1. The highest BCUT2D eigenvalue weighted by Crippen LogP contribution is 2.16. The highest BCUT2D eigenvalue weighted by atomic mass is 19.1. The van der Waals surface area contributed by atoms with Gasteiger partial charge in [0.2, 0.25) is 0 Å². The van der Waals surface area contributed by atoms with E-state index in [-0.39, 0.29) is 30.3 Å². The van der Waals surface area contributed by atoms with Gasteiger partial charge in [-0.25, -0.2) is 19.0 Å². The van der Waals surface area contributed by atoms with Gasteiger partial charge in [0.1, 0.15) is 5.82 Å². The molecule has 0 saturated carbocycles. The third-order valence-electron chi connectivity index (χ3n) is 3.23. The molecule has 0 bridgehead atoms. The van der Waals surface area contributed by atoms with E-state index in [1.54, 1.807) is 32.0 Å². The topological polar surface area (TPSA) is 65.5 Å². The summed E-state index contributed by atoms with van der Waals surface area (Å²) < 4.78 is 22.9. The number of ether oxygens (including phenoxy) is 2. The summed E-state index contributed by atoms with van der Waals surface area (Å²) in [6.07, 6.45) is 1.95. The van der Waals surface area contributed by atoms with Crippen molar-refractivity contribution in [1.82, 2.24) is 4.98 Å². The lowest BCUT2D eigenvalue weighted by Crippen LogP contribution is -2.16. The maximum absolute atomic E-state index is 13.0. The summed E-state index contributed by atoms with van der Waals surface area (Å²) in [6, 6.07) is 7.59. The van der Waals surface area contributed by atoms with Crippen LogP contribution >= 0.6 is 0 Å². The Morgan fingerprint density at radius 3 is 2.25 bits per heavy atom. The number of pyridine rings is 1. The lowest BCUT2D eigenvalue weighted by Gasteiger charge is -2.10. The molecule has 0 saturated heterocycles. The van der Waals surface area contributed by atoms with Crippen LogP contribution in [0.1, 0.15) is 45.8 Å². The number of rotatable bonds is 6. The molecule has 0 amide bonds. The zero-order chi connectivity index (χ0) is 17.5. The first-order valence-electron chi connectivity index (χ1n) is 7.62. The second-order valence-corrected chi connectivity index (χ2v) is 4.98. The zero-order valence-electron chi connectivity index (χ0n) is 13.5. The Bertz CT molecular complexity index is 728. The van der Waals surface area contributed by atoms with Gasteiger partial charge in [-0.15, -0.1) is 0 Å². The highest BCUT2D eigenvalue weighted by molar-refractivity contribution is 6.01. The Morgan fingerprint density at radius 1 is 1.00 bits per heavy atom. The molecule has 0 atom stereocenters. The molecule has 1 aromatic carbocycles. The van der Waals surface area contributed by atoms with Gasteiger partial charge in [0, 0.05) is 6.20 Å². The second kappa shape index (κ2) is 8.19. The maximum atomic E-state index is 13.0. The molecule has 5 nitrogen and oxygen atoms in total. The average molecular weight is 331 g/mol. The van der Waals surface area contributed by atoms with E-state index >= 15 is 0 Å². The van der Waals surface area contributed by atoms with Crippen molar-refractivity contribution in [1.29, 1.82) is 0 Å². The van der Waals surface area contributed by atoms with Gasteiger partial charge >= 0.3 is 11.9 Å². The first-order valence-corrected chi connectivity index (χ1v) is 7.62. The Morgan fingerprint density at radius 2 is 1.62 bits per heavy atom. The van der Waals surface area contributed by atoms with Crippen LogP contribution in [0.25, 0.3) is 0 Å². The third kappa shape index (κ3) is 4.38. The van der Waals surface area contributed by atoms with Gasteiger partial charge in [-0.3, -0.25) is 0 Å². The summed E-state index contributed by atoms with van der Waals surface area (Å²) in [5.41, 5.74) is 1.56. The van der Waals surface area contributed by atoms with E-state index in [1.807, 2.05) is 0 Å². The van der Waals surface area contributed by atoms with E-state index in [4.69, 9.17) is 9.47 Å². The Hall–Kier alpha value is -2.76. The second-order valence-electron chi connectivity index (χ2n) is 4.98. The van der Waals surface area contributed by atoms with E-state index in [0.29, 0.717) is 12.0 Å². The monoisotopic (exact) mass is 331 g/mol. The number of carbonyl (C=O) groups excluding carboxylic acids is 2. The molecule has 0 aliphatic carbocycles. The Kier molecular flexibility index (Phi) is 6.01. The van der Waals surface area contributed by atoms with Crippen LogP contribution in [0, 0.1) is 5.82 Å². The molecule has 0 aliphatic rings. The molecule has 0 aliphatic heterocycles. The van der Waals surface area contributed by atoms with E-state index in [0.717, 1.165) is 5.56 Å². The van der Waals surface area contributed by atoms with Gasteiger partial charge in [0.15, 0.2) is 5.69 Å². The van der Waals surface area contributed by atoms with E-state index in [9.17, 15) is 14.0 Å². The number of nitrogens with zero attached hydrogens (tertiary/aromatic N) is 1. The van der Waals surface area contributed by atoms with Gasteiger partial charge in [-0.05, 0) is 49.6 Å². The predicted octanol–water partition coefficient (Wildman–Crippen LogP) is 3.16. The SMILES string of the molecule is CCOC(=O)c1cc(Cc2ccc(F)cc2)cnc1C(=O)OCC. The number of hydrogen-bond acceptors (Lipinski definition) is 5. The standard InChI is InChI=1S/C18H18FNO4/c1-3-23-17(21)15-10-13(9-12-5-7-14(19)8-6-12)11-20-16(15)18(22)24-4-2/h5-8,10-11H,3-4,9H2,1-2H3. The average Bonchev–Trinajstić information content (AvgIpc) is 2.57. The first kappa shape index (κ1) is 17.6. The van der Waals surface area contributed by atoms with Gasteiger partial charge in [-0.2, -0.15) is 0 Å². The molecule has 2 rings (SSSR count). The normalized spacial score (nSPS) is 10.3. The van der Waals surface area contributed by atoms with Gasteiger partial charge in [0.05, 0.1) is 18.8 Å². The number of halogens is 1. The number of hydrogen-bond donors (Lipinski definition) is 0. The predicted molar refractivity (Wildman–Crippen MR) is 85.4 cm³/mol. The summed E-state index contributed by atoms with van der Waals surface area (Å²) in [4.78, 5) is 28.1. The molecule has 0 radical (unpaired) electrons. The molecular formula is C18H18FNO4. The highest BCUT2D eigenvalue weighted by Gasteiger charge is 2.21.